The lowest BCUT2D eigenvalue weighted by atomic mass is 10.2. The second-order valence-corrected chi connectivity index (χ2v) is 4.19. The minimum absolute atomic E-state index is 0.207. The summed E-state index contributed by atoms with van der Waals surface area (Å²) in [6.07, 6.45) is 0. The van der Waals surface area contributed by atoms with Crippen molar-refractivity contribution in [3.8, 4) is 5.75 Å². The van der Waals surface area contributed by atoms with Gasteiger partial charge in [-0.3, -0.25) is 0 Å². The molecular formula is C14H11ClO3. The Bertz CT molecular complexity index is 566. The van der Waals surface area contributed by atoms with E-state index in [2.05, 4.69) is 0 Å². The van der Waals surface area contributed by atoms with Gasteiger partial charge in [-0.2, -0.15) is 0 Å². The molecule has 92 valence electrons. The van der Waals surface area contributed by atoms with Crippen LogP contribution in [0.1, 0.15) is 15.9 Å². The molecule has 4 heteroatoms. The number of carbonyl (C=O) groups is 1. The maximum Gasteiger partial charge on any atom is 0.335 e. The first-order chi connectivity index (χ1) is 8.65. The normalized spacial score (nSPS) is 10.1. The van der Waals surface area contributed by atoms with E-state index in [1.165, 1.54) is 12.1 Å². The number of aromatic carboxylic acids is 1. The molecule has 0 amide bonds. The summed E-state index contributed by atoms with van der Waals surface area (Å²) >= 11 is 5.86. The highest BCUT2D eigenvalue weighted by Gasteiger charge is 2.04. The van der Waals surface area contributed by atoms with Crippen molar-refractivity contribution in [3.05, 3.63) is 64.7 Å². The molecule has 0 fully saturated rings. The molecule has 2 aromatic carbocycles. The Morgan fingerprint density at radius 2 is 1.94 bits per heavy atom. The van der Waals surface area contributed by atoms with Crippen molar-refractivity contribution in [2.45, 2.75) is 6.61 Å². The third-order valence-electron chi connectivity index (χ3n) is 2.38. The van der Waals surface area contributed by atoms with E-state index in [1.54, 1.807) is 18.2 Å². The molecule has 0 unspecified atom stereocenters. The van der Waals surface area contributed by atoms with Crippen LogP contribution in [0, 0.1) is 0 Å². The lowest BCUT2D eigenvalue weighted by Gasteiger charge is -2.07. The highest BCUT2D eigenvalue weighted by molar-refractivity contribution is 6.30. The molecule has 0 spiro atoms. The van der Waals surface area contributed by atoms with Crippen molar-refractivity contribution < 1.29 is 14.6 Å². The van der Waals surface area contributed by atoms with Crippen LogP contribution in [0.2, 0.25) is 5.02 Å². The maximum atomic E-state index is 10.8. The number of benzene rings is 2. The Hall–Kier alpha value is -2.00. The Balaban J connectivity index is 2.06. The van der Waals surface area contributed by atoms with Crippen molar-refractivity contribution in [1.29, 1.82) is 0 Å². The number of halogens is 1. The molecule has 0 aliphatic rings. The summed E-state index contributed by atoms with van der Waals surface area (Å²) in [5.74, 6) is -0.446. The van der Waals surface area contributed by atoms with Gasteiger partial charge in [0.05, 0.1) is 5.56 Å². The molecule has 0 atom stereocenters. The molecule has 3 nitrogen and oxygen atoms in total. The van der Waals surface area contributed by atoms with Gasteiger partial charge in [0.1, 0.15) is 12.4 Å². The molecule has 0 saturated heterocycles. The quantitative estimate of drug-likeness (QED) is 0.915. The summed E-state index contributed by atoms with van der Waals surface area (Å²) in [7, 11) is 0. The zero-order valence-corrected chi connectivity index (χ0v) is 10.2. The third-order valence-corrected chi connectivity index (χ3v) is 2.61. The monoisotopic (exact) mass is 262 g/mol. The summed E-state index contributed by atoms with van der Waals surface area (Å²) in [6.45, 7) is 0.351. The van der Waals surface area contributed by atoms with Crippen LogP contribution >= 0.6 is 11.6 Å². The molecule has 0 radical (unpaired) electrons. The highest BCUT2D eigenvalue weighted by Crippen LogP contribution is 2.16. The van der Waals surface area contributed by atoms with Crippen LogP contribution in [-0.4, -0.2) is 11.1 Å². The first-order valence-electron chi connectivity index (χ1n) is 5.36. The Morgan fingerprint density at radius 1 is 1.17 bits per heavy atom. The van der Waals surface area contributed by atoms with Crippen molar-refractivity contribution in [1.82, 2.24) is 0 Å². The molecule has 18 heavy (non-hydrogen) atoms. The van der Waals surface area contributed by atoms with Gasteiger partial charge in [-0.1, -0.05) is 29.8 Å². The lowest BCUT2D eigenvalue weighted by Crippen LogP contribution is -1.99. The number of ether oxygens (including phenoxy) is 1. The Labute approximate surface area is 110 Å². The molecule has 2 aromatic rings. The van der Waals surface area contributed by atoms with Gasteiger partial charge in [0, 0.05) is 5.02 Å². The van der Waals surface area contributed by atoms with E-state index in [9.17, 15) is 4.79 Å². The number of carboxylic acid groups (broad SMARTS) is 1. The molecular weight excluding hydrogens is 252 g/mol. The predicted octanol–water partition coefficient (Wildman–Crippen LogP) is 3.62. The van der Waals surface area contributed by atoms with E-state index < -0.39 is 5.97 Å². The van der Waals surface area contributed by atoms with Crippen molar-refractivity contribution in [3.63, 3.8) is 0 Å². The number of hydrogen-bond acceptors (Lipinski definition) is 2. The summed E-state index contributed by atoms with van der Waals surface area (Å²) in [4.78, 5) is 10.8. The second kappa shape index (κ2) is 5.56. The first-order valence-corrected chi connectivity index (χ1v) is 5.73. The summed E-state index contributed by atoms with van der Waals surface area (Å²) in [5.41, 5.74) is 1.14. The predicted molar refractivity (Wildman–Crippen MR) is 69.2 cm³/mol. The number of carboxylic acids is 1. The van der Waals surface area contributed by atoms with Crippen LogP contribution in [-0.2, 0) is 6.61 Å². The van der Waals surface area contributed by atoms with Crippen LogP contribution in [0.4, 0.5) is 0 Å². The summed E-state index contributed by atoms with van der Waals surface area (Å²) < 4.78 is 5.52. The largest absolute Gasteiger partial charge is 0.489 e. The second-order valence-electron chi connectivity index (χ2n) is 3.75. The van der Waals surface area contributed by atoms with Gasteiger partial charge in [0.15, 0.2) is 0 Å². The molecule has 0 aliphatic carbocycles. The minimum Gasteiger partial charge on any atom is -0.489 e. The van der Waals surface area contributed by atoms with Gasteiger partial charge in [-0.15, -0.1) is 0 Å². The van der Waals surface area contributed by atoms with E-state index >= 15 is 0 Å². The molecule has 0 saturated carbocycles. The zero-order chi connectivity index (χ0) is 13.0. The van der Waals surface area contributed by atoms with Gasteiger partial charge in [0.2, 0.25) is 0 Å². The van der Waals surface area contributed by atoms with Crippen molar-refractivity contribution in [2.75, 3.05) is 0 Å². The molecule has 2 rings (SSSR count). The molecule has 0 aromatic heterocycles. The summed E-state index contributed by atoms with van der Waals surface area (Å²) in [6, 6.07) is 13.7. The average molecular weight is 263 g/mol. The Morgan fingerprint density at radius 3 is 2.67 bits per heavy atom. The number of rotatable bonds is 4. The van der Waals surface area contributed by atoms with E-state index in [4.69, 9.17) is 21.4 Å². The van der Waals surface area contributed by atoms with E-state index in [0.29, 0.717) is 17.4 Å². The Kier molecular flexibility index (Phi) is 3.85. The smallest absolute Gasteiger partial charge is 0.335 e. The van der Waals surface area contributed by atoms with E-state index in [-0.39, 0.29) is 5.56 Å². The van der Waals surface area contributed by atoms with Gasteiger partial charge in [-0.05, 0) is 35.9 Å². The zero-order valence-electron chi connectivity index (χ0n) is 9.47. The SMILES string of the molecule is O=C(O)c1cccc(OCc2cccc(Cl)c2)c1. The van der Waals surface area contributed by atoms with Crippen LogP contribution < -0.4 is 4.74 Å². The van der Waals surface area contributed by atoms with Crippen LogP contribution in [0.25, 0.3) is 0 Å². The van der Waals surface area contributed by atoms with E-state index in [1.807, 2.05) is 18.2 Å². The van der Waals surface area contributed by atoms with Gasteiger partial charge in [0.25, 0.3) is 0 Å². The summed E-state index contributed by atoms with van der Waals surface area (Å²) in [5, 5.41) is 9.51. The minimum atomic E-state index is -0.969. The molecule has 0 heterocycles. The molecule has 0 bridgehead atoms. The van der Waals surface area contributed by atoms with Crippen LogP contribution in [0.15, 0.2) is 48.5 Å². The average Bonchev–Trinajstić information content (AvgIpc) is 2.37. The fraction of sp³-hybridized carbons (Fsp3) is 0.0714. The number of hydrogen-bond donors (Lipinski definition) is 1. The fourth-order valence-electron chi connectivity index (χ4n) is 1.51. The topological polar surface area (TPSA) is 46.5 Å². The van der Waals surface area contributed by atoms with Gasteiger partial charge in [-0.25, -0.2) is 4.79 Å². The third kappa shape index (κ3) is 3.25. The first kappa shape index (κ1) is 12.5. The van der Waals surface area contributed by atoms with Crippen LogP contribution in [0.5, 0.6) is 5.75 Å². The van der Waals surface area contributed by atoms with Crippen molar-refractivity contribution in [2.24, 2.45) is 0 Å². The lowest BCUT2D eigenvalue weighted by molar-refractivity contribution is 0.0696. The standard InChI is InChI=1S/C14H11ClO3/c15-12-5-1-3-10(7-12)9-18-13-6-2-4-11(8-13)14(16)17/h1-8H,9H2,(H,16,17). The molecule has 1 N–H and O–H groups in total. The molecule has 0 aliphatic heterocycles. The van der Waals surface area contributed by atoms with E-state index in [0.717, 1.165) is 5.56 Å². The van der Waals surface area contributed by atoms with Crippen molar-refractivity contribution >= 4 is 17.6 Å². The fourth-order valence-corrected chi connectivity index (χ4v) is 1.73. The van der Waals surface area contributed by atoms with Gasteiger partial charge >= 0.3 is 5.97 Å². The van der Waals surface area contributed by atoms with Gasteiger partial charge < -0.3 is 9.84 Å². The highest BCUT2D eigenvalue weighted by atomic mass is 35.5. The maximum absolute atomic E-state index is 10.8. The van der Waals surface area contributed by atoms with Crippen LogP contribution in [0.3, 0.4) is 0 Å².